The molecule has 0 saturated heterocycles. The van der Waals surface area contributed by atoms with Gasteiger partial charge in [0.2, 0.25) is 0 Å². The van der Waals surface area contributed by atoms with E-state index in [0.717, 1.165) is 99.2 Å². The number of benzene rings is 7. The molecule has 0 N–H and O–H groups in total. The fraction of sp³-hybridized carbons (Fsp3) is 0.0208. The van der Waals surface area contributed by atoms with E-state index in [4.69, 9.17) is 14.1 Å². The fourth-order valence-electron chi connectivity index (χ4n) is 9.39. The van der Waals surface area contributed by atoms with Gasteiger partial charge in [-0.25, -0.2) is 4.98 Å². The molecule has 2 atom stereocenters. The van der Waals surface area contributed by atoms with Crippen LogP contribution in [0.15, 0.2) is 180 Å². The Labute approximate surface area is 310 Å². The molecular formula is C48H29N2O3P. The minimum Gasteiger partial charge on any atom is -0.457 e. The molecular weight excluding hydrogens is 684 g/mol. The average Bonchev–Trinajstić information content (AvgIpc) is 3.77. The van der Waals surface area contributed by atoms with Crippen LogP contribution < -0.4 is 20.7 Å². The minimum atomic E-state index is -3.43. The van der Waals surface area contributed by atoms with Crippen LogP contribution in [0.2, 0.25) is 0 Å². The normalized spacial score (nSPS) is 18.4. The zero-order valence-corrected chi connectivity index (χ0v) is 29.7. The monoisotopic (exact) mass is 712 g/mol. The van der Waals surface area contributed by atoms with Gasteiger partial charge in [-0.3, -0.25) is 4.57 Å². The summed E-state index contributed by atoms with van der Waals surface area (Å²) in [5.41, 5.74) is 7.49. The van der Waals surface area contributed by atoms with Crippen molar-refractivity contribution in [2.75, 3.05) is 0 Å². The molecule has 0 bridgehead atoms. The molecule has 254 valence electrons. The van der Waals surface area contributed by atoms with Gasteiger partial charge in [0, 0.05) is 60.8 Å². The van der Waals surface area contributed by atoms with Crippen molar-refractivity contribution in [2.45, 2.75) is 5.41 Å². The molecule has 0 fully saturated rings. The second kappa shape index (κ2) is 10.7. The van der Waals surface area contributed by atoms with Crippen molar-refractivity contribution >= 4 is 66.9 Å². The number of aromatic nitrogens is 2. The molecule has 0 radical (unpaired) electrons. The Morgan fingerprint density at radius 1 is 0.519 bits per heavy atom. The van der Waals surface area contributed by atoms with Crippen LogP contribution in [-0.2, 0) is 9.98 Å². The third-order valence-electron chi connectivity index (χ3n) is 11.6. The quantitative estimate of drug-likeness (QED) is 0.168. The molecule has 3 aromatic heterocycles. The second-order valence-electron chi connectivity index (χ2n) is 14.2. The highest BCUT2D eigenvalue weighted by atomic mass is 31.2. The molecule has 2 unspecified atom stereocenters. The number of pyridine rings is 1. The molecule has 1 spiro atoms. The highest BCUT2D eigenvalue weighted by molar-refractivity contribution is 7.85. The van der Waals surface area contributed by atoms with Crippen molar-refractivity contribution < 1.29 is 13.7 Å². The Balaban J connectivity index is 1.24. The highest BCUT2D eigenvalue weighted by Crippen LogP contribution is 2.62. The van der Waals surface area contributed by atoms with Crippen LogP contribution in [-0.4, -0.2) is 9.55 Å². The van der Waals surface area contributed by atoms with Crippen LogP contribution in [0.1, 0.15) is 22.3 Å². The van der Waals surface area contributed by atoms with Gasteiger partial charge in [0.05, 0.1) is 16.6 Å². The first-order valence-corrected chi connectivity index (χ1v) is 19.8. The van der Waals surface area contributed by atoms with Crippen LogP contribution in [0.5, 0.6) is 11.5 Å². The van der Waals surface area contributed by atoms with E-state index >= 15 is 4.57 Å². The molecule has 0 aliphatic carbocycles. The number of furan rings is 1. The molecule has 54 heavy (non-hydrogen) atoms. The summed E-state index contributed by atoms with van der Waals surface area (Å²) in [4.78, 5) is 4.86. The molecule has 7 aromatic carbocycles. The van der Waals surface area contributed by atoms with Gasteiger partial charge in [0.15, 0.2) is 7.14 Å². The molecule has 0 amide bonds. The smallest absolute Gasteiger partial charge is 0.171 e. The highest BCUT2D eigenvalue weighted by Gasteiger charge is 2.55. The van der Waals surface area contributed by atoms with Crippen molar-refractivity contribution in [3.63, 3.8) is 0 Å². The summed E-state index contributed by atoms with van der Waals surface area (Å²) >= 11 is 0. The molecule has 2 aliphatic rings. The van der Waals surface area contributed by atoms with E-state index < -0.39 is 12.6 Å². The van der Waals surface area contributed by atoms with E-state index in [1.165, 1.54) is 0 Å². The maximum atomic E-state index is 16.4. The maximum absolute atomic E-state index is 16.4. The zero-order chi connectivity index (χ0) is 35.6. The summed E-state index contributed by atoms with van der Waals surface area (Å²) in [7, 11) is -3.43. The zero-order valence-electron chi connectivity index (χ0n) is 28.8. The number of nitrogens with zero attached hydrogens (tertiary/aromatic N) is 2. The van der Waals surface area contributed by atoms with E-state index in [1.54, 1.807) is 0 Å². The van der Waals surface area contributed by atoms with Crippen molar-refractivity contribution in [3.8, 4) is 17.2 Å². The largest absolute Gasteiger partial charge is 0.457 e. The summed E-state index contributed by atoms with van der Waals surface area (Å²) in [6, 6.07) is 58.1. The van der Waals surface area contributed by atoms with Crippen LogP contribution in [0.4, 0.5) is 0 Å². The van der Waals surface area contributed by atoms with Gasteiger partial charge >= 0.3 is 0 Å². The number of hydrogen-bond acceptors (Lipinski definition) is 4. The van der Waals surface area contributed by atoms with Gasteiger partial charge in [-0.1, -0.05) is 115 Å². The summed E-state index contributed by atoms with van der Waals surface area (Å²) in [6.07, 6.45) is 1.85. The summed E-state index contributed by atoms with van der Waals surface area (Å²) in [5.74, 6) is 1.50. The number of ether oxygens (including phenoxy) is 1. The predicted octanol–water partition coefficient (Wildman–Crippen LogP) is 10.5. The van der Waals surface area contributed by atoms with Gasteiger partial charge in [-0.2, -0.15) is 0 Å². The Morgan fingerprint density at radius 3 is 2.15 bits per heavy atom. The topological polar surface area (TPSA) is 57.3 Å². The molecule has 12 rings (SSSR count). The third kappa shape index (κ3) is 3.69. The Kier molecular flexibility index (Phi) is 5.91. The lowest BCUT2D eigenvalue weighted by Gasteiger charge is -2.47. The number of hydrogen-bond donors (Lipinski definition) is 0. The molecule has 5 heterocycles. The molecule has 6 heteroatoms. The van der Waals surface area contributed by atoms with Gasteiger partial charge in [-0.05, 0) is 59.7 Å². The van der Waals surface area contributed by atoms with E-state index in [0.29, 0.717) is 0 Å². The fourth-order valence-corrected chi connectivity index (χ4v) is 12.5. The van der Waals surface area contributed by atoms with Crippen LogP contribution in [0.25, 0.3) is 49.6 Å². The Bertz CT molecular complexity index is 3200. The Morgan fingerprint density at radius 2 is 1.24 bits per heavy atom. The van der Waals surface area contributed by atoms with Crippen LogP contribution >= 0.6 is 7.14 Å². The van der Waals surface area contributed by atoms with Crippen molar-refractivity contribution in [1.82, 2.24) is 9.55 Å². The molecule has 0 saturated carbocycles. The SMILES string of the molecule is O=P1(c2ccccc2)c2ccccc2C2(c3ccccc3Oc3cc(-n4c5ccccc5c5cccnc54)ccc32)c2cc3c(cc21)oc1ccccc13. The van der Waals surface area contributed by atoms with Crippen molar-refractivity contribution in [3.05, 3.63) is 198 Å². The lowest BCUT2D eigenvalue weighted by atomic mass is 9.63. The van der Waals surface area contributed by atoms with E-state index in [9.17, 15) is 0 Å². The third-order valence-corrected chi connectivity index (χ3v) is 14.7. The predicted molar refractivity (Wildman–Crippen MR) is 217 cm³/mol. The average molecular weight is 713 g/mol. The number of para-hydroxylation sites is 3. The first-order chi connectivity index (χ1) is 26.7. The van der Waals surface area contributed by atoms with Gasteiger partial charge in [0.25, 0.3) is 0 Å². The molecule has 10 aromatic rings. The maximum Gasteiger partial charge on any atom is 0.171 e. The molecule has 5 nitrogen and oxygen atoms in total. The summed E-state index contributed by atoms with van der Waals surface area (Å²) in [6.45, 7) is 0. The minimum absolute atomic E-state index is 0.718. The van der Waals surface area contributed by atoms with E-state index in [1.807, 2.05) is 79.0 Å². The summed E-state index contributed by atoms with van der Waals surface area (Å²) in [5, 5.41) is 6.63. The first-order valence-electron chi connectivity index (χ1n) is 18.1. The summed E-state index contributed by atoms with van der Waals surface area (Å²) < 4.78 is 32.1. The van der Waals surface area contributed by atoms with E-state index in [2.05, 4.69) is 102 Å². The standard InChI is InChI=1S/C48H29N2O3P/c51-54(31-13-2-1-3-14-31)45-23-11-7-19-38(45)48(39-28-35-33-16-5-9-21-41(33)52-43(35)29-46(39)54)36-18-6-10-22-42(36)53-44-27-30(24-25-37(44)48)50-40-20-8-4-15-32(40)34-17-12-26-49-47(34)50/h1-29H. The lowest BCUT2D eigenvalue weighted by molar-refractivity contribution is 0.435. The number of rotatable bonds is 2. The van der Waals surface area contributed by atoms with Crippen molar-refractivity contribution in [1.29, 1.82) is 0 Å². The Hall–Kier alpha value is -6.68. The van der Waals surface area contributed by atoms with E-state index in [-0.39, 0.29) is 0 Å². The van der Waals surface area contributed by atoms with Gasteiger partial charge < -0.3 is 13.7 Å². The number of fused-ring (bicyclic) bond motifs is 14. The van der Waals surface area contributed by atoms with Crippen molar-refractivity contribution in [2.24, 2.45) is 0 Å². The van der Waals surface area contributed by atoms with Crippen LogP contribution in [0, 0.1) is 0 Å². The van der Waals surface area contributed by atoms with Gasteiger partial charge in [-0.15, -0.1) is 0 Å². The first kappa shape index (κ1) is 29.9. The lowest BCUT2D eigenvalue weighted by Crippen LogP contribution is -2.48. The van der Waals surface area contributed by atoms with Gasteiger partial charge in [0.1, 0.15) is 28.3 Å². The van der Waals surface area contributed by atoms with Crippen LogP contribution in [0.3, 0.4) is 0 Å². The second-order valence-corrected chi connectivity index (χ2v) is 16.9. The molecule has 2 aliphatic heterocycles.